The maximum absolute atomic E-state index is 12.0. The third-order valence-electron chi connectivity index (χ3n) is 5.11. The van der Waals surface area contributed by atoms with Crippen molar-refractivity contribution in [3.63, 3.8) is 0 Å². The number of fused-ring (bicyclic) bond motifs is 4. The maximum atomic E-state index is 12.0. The third-order valence-corrected chi connectivity index (χ3v) is 5.11. The zero-order valence-electron chi connectivity index (χ0n) is 12.8. The van der Waals surface area contributed by atoms with E-state index in [4.69, 9.17) is 0 Å². The van der Waals surface area contributed by atoms with Crippen LogP contribution in [0.2, 0.25) is 0 Å². The zero-order valence-corrected chi connectivity index (χ0v) is 12.8. The van der Waals surface area contributed by atoms with E-state index in [-0.39, 0.29) is 5.56 Å². The van der Waals surface area contributed by atoms with Crippen LogP contribution in [0.3, 0.4) is 0 Å². The molecule has 0 spiro atoms. The highest BCUT2D eigenvalue weighted by atomic mass is 16.1. The Bertz CT molecular complexity index is 707. The molecule has 3 heterocycles. The van der Waals surface area contributed by atoms with Crippen molar-refractivity contribution in [2.45, 2.75) is 25.3 Å². The normalized spacial score (nSPS) is 24.0. The van der Waals surface area contributed by atoms with E-state index >= 15 is 0 Å². The number of aromatic nitrogens is 1. The van der Waals surface area contributed by atoms with Crippen LogP contribution in [0.15, 0.2) is 53.3 Å². The number of rotatable bonds is 3. The lowest BCUT2D eigenvalue weighted by Gasteiger charge is -2.42. The van der Waals surface area contributed by atoms with Crippen molar-refractivity contribution in [2.75, 3.05) is 19.6 Å². The molecule has 0 N–H and O–H groups in total. The second-order valence-electron chi connectivity index (χ2n) is 6.69. The number of benzene rings is 1. The monoisotopic (exact) mass is 294 g/mol. The van der Waals surface area contributed by atoms with Gasteiger partial charge in [0.05, 0.1) is 0 Å². The number of likely N-dealkylation sites (tertiary alicyclic amines) is 1. The van der Waals surface area contributed by atoms with Crippen molar-refractivity contribution in [1.29, 1.82) is 0 Å². The third kappa shape index (κ3) is 2.61. The van der Waals surface area contributed by atoms with Crippen LogP contribution >= 0.6 is 0 Å². The van der Waals surface area contributed by atoms with Crippen LogP contribution in [0.25, 0.3) is 0 Å². The van der Waals surface area contributed by atoms with Crippen molar-refractivity contribution in [3.8, 4) is 0 Å². The summed E-state index contributed by atoms with van der Waals surface area (Å²) in [6, 6.07) is 16.5. The highest BCUT2D eigenvalue weighted by molar-refractivity contribution is 5.18. The van der Waals surface area contributed by atoms with E-state index in [0.717, 1.165) is 32.6 Å². The molecular formula is C19H22N2O. The average Bonchev–Trinajstić information content (AvgIpc) is 2.55. The Kier molecular flexibility index (Phi) is 3.59. The van der Waals surface area contributed by atoms with Gasteiger partial charge >= 0.3 is 0 Å². The van der Waals surface area contributed by atoms with Gasteiger partial charge in [-0.25, -0.2) is 0 Å². The molecule has 1 aromatic heterocycles. The zero-order chi connectivity index (χ0) is 14.9. The summed E-state index contributed by atoms with van der Waals surface area (Å²) in [7, 11) is 0. The van der Waals surface area contributed by atoms with E-state index in [1.54, 1.807) is 6.07 Å². The van der Waals surface area contributed by atoms with Gasteiger partial charge in [-0.3, -0.25) is 4.79 Å². The first kappa shape index (κ1) is 13.8. The molecule has 1 fully saturated rings. The van der Waals surface area contributed by atoms with Gasteiger partial charge in [0.15, 0.2) is 0 Å². The van der Waals surface area contributed by atoms with Crippen LogP contribution in [0.4, 0.5) is 0 Å². The lowest BCUT2D eigenvalue weighted by molar-refractivity contribution is 0.121. The summed E-state index contributed by atoms with van der Waals surface area (Å²) in [6.45, 7) is 4.23. The second kappa shape index (κ2) is 5.73. The molecule has 2 aliphatic heterocycles. The van der Waals surface area contributed by atoms with Crippen LogP contribution < -0.4 is 5.56 Å². The smallest absolute Gasteiger partial charge is 0.250 e. The molecule has 1 aromatic carbocycles. The molecule has 0 amide bonds. The van der Waals surface area contributed by atoms with Gasteiger partial charge in [-0.2, -0.15) is 0 Å². The summed E-state index contributed by atoms with van der Waals surface area (Å²) < 4.78 is 2.01. The fraction of sp³-hybridized carbons (Fsp3) is 0.421. The molecule has 114 valence electrons. The maximum Gasteiger partial charge on any atom is 0.250 e. The summed E-state index contributed by atoms with van der Waals surface area (Å²) >= 11 is 0. The van der Waals surface area contributed by atoms with Crippen LogP contribution in [0.1, 0.15) is 23.6 Å². The SMILES string of the molecule is O=c1cccc2n1C[C@H]1C[C@@H]2CN(CCc2ccccc2)C1. The number of hydrogen-bond acceptors (Lipinski definition) is 2. The van der Waals surface area contributed by atoms with E-state index in [9.17, 15) is 4.79 Å². The van der Waals surface area contributed by atoms with Gasteiger partial charge in [0, 0.05) is 43.9 Å². The van der Waals surface area contributed by atoms with E-state index in [2.05, 4.69) is 41.3 Å². The molecule has 2 bridgehead atoms. The highest BCUT2D eigenvalue weighted by Gasteiger charge is 2.34. The standard InChI is InChI=1S/C19H22N2O/c22-19-8-4-7-18-17-11-16(13-21(18)19)12-20(14-17)10-9-15-5-2-1-3-6-15/h1-8,16-17H,9-14H2/t16-,17+/m0/s1. The first-order chi connectivity index (χ1) is 10.8. The molecule has 0 radical (unpaired) electrons. The molecule has 1 saturated heterocycles. The van der Waals surface area contributed by atoms with Gasteiger partial charge in [0.25, 0.3) is 5.56 Å². The first-order valence-corrected chi connectivity index (χ1v) is 8.25. The number of nitrogens with zero attached hydrogens (tertiary/aromatic N) is 2. The number of pyridine rings is 1. The summed E-state index contributed by atoms with van der Waals surface area (Å²) in [5.74, 6) is 1.15. The number of hydrogen-bond donors (Lipinski definition) is 0. The Morgan fingerprint density at radius 3 is 2.68 bits per heavy atom. The van der Waals surface area contributed by atoms with E-state index < -0.39 is 0 Å². The van der Waals surface area contributed by atoms with Gasteiger partial charge in [0.2, 0.25) is 0 Å². The summed E-state index contributed by atoms with van der Waals surface area (Å²) in [5.41, 5.74) is 2.83. The molecule has 3 nitrogen and oxygen atoms in total. The molecule has 3 heteroatoms. The van der Waals surface area contributed by atoms with Gasteiger partial charge < -0.3 is 9.47 Å². The van der Waals surface area contributed by atoms with Crippen molar-refractivity contribution < 1.29 is 0 Å². The highest BCUT2D eigenvalue weighted by Crippen LogP contribution is 2.34. The van der Waals surface area contributed by atoms with Gasteiger partial charge in [0.1, 0.15) is 0 Å². The molecule has 4 rings (SSSR count). The quantitative estimate of drug-likeness (QED) is 0.869. The molecule has 0 unspecified atom stereocenters. The Morgan fingerprint density at radius 2 is 1.82 bits per heavy atom. The van der Waals surface area contributed by atoms with Crippen molar-refractivity contribution in [2.24, 2.45) is 5.92 Å². The Morgan fingerprint density at radius 1 is 0.955 bits per heavy atom. The fourth-order valence-electron chi connectivity index (χ4n) is 4.11. The van der Waals surface area contributed by atoms with Gasteiger partial charge in [-0.1, -0.05) is 36.4 Å². The van der Waals surface area contributed by atoms with Crippen LogP contribution in [0, 0.1) is 5.92 Å². The van der Waals surface area contributed by atoms with E-state index in [1.807, 2.05) is 10.6 Å². The van der Waals surface area contributed by atoms with Gasteiger partial charge in [-0.15, -0.1) is 0 Å². The predicted octanol–water partition coefficient (Wildman–Crippen LogP) is 2.51. The summed E-state index contributed by atoms with van der Waals surface area (Å²) in [4.78, 5) is 14.6. The number of piperidine rings is 1. The molecule has 2 aromatic rings. The van der Waals surface area contributed by atoms with Crippen molar-refractivity contribution in [3.05, 3.63) is 70.1 Å². The minimum absolute atomic E-state index is 0.171. The van der Waals surface area contributed by atoms with E-state index in [0.29, 0.717) is 11.8 Å². The lowest BCUT2D eigenvalue weighted by atomic mass is 9.83. The molecule has 0 saturated carbocycles. The Hall–Kier alpha value is -1.87. The van der Waals surface area contributed by atoms with Crippen LogP contribution in [-0.4, -0.2) is 29.1 Å². The van der Waals surface area contributed by atoms with Gasteiger partial charge in [-0.05, 0) is 30.4 Å². The lowest BCUT2D eigenvalue weighted by Crippen LogP contribution is -2.47. The fourth-order valence-corrected chi connectivity index (χ4v) is 4.11. The predicted molar refractivity (Wildman–Crippen MR) is 88.1 cm³/mol. The molecule has 22 heavy (non-hydrogen) atoms. The first-order valence-electron chi connectivity index (χ1n) is 8.25. The van der Waals surface area contributed by atoms with E-state index in [1.165, 1.54) is 17.7 Å². The topological polar surface area (TPSA) is 25.2 Å². The minimum atomic E-state index is 0.171. The summed E-state index contributed by atoms with van der Waals surface area (Å²) in [6.07, 6.45) is 2.35. The minimum Gasteiger partial charge on any atom is -0.312 e. The second-order valence-corrected chi connectivity index (χ2v) is 6.69. The van der Waals surface area contributed by atoms with Crippen LogP contribution in [-0.2, 0) is 13.0 Å². The summed E-state index contributed by atoms with van der Waals surface area (Å²) in [5, 5.41) is 0. The molecule has 0 aliphatic carbocycles. The molecule has 2 atom stereocenters. The largest absolute Gasteiger partial charge is 0.312 e. The van der Waals surface area contributed by atoms with Crippen molar-refractivity contribution >= 4 is 0 Å². The van der Waals surface area contributed by atoms with Crippen LogP contribution in [0.5, 0.6) is 0 Å². The average molecular weight is 294 g/mol. The molecule has 2 aliphatic rings. The van der Waals surface area contributed by atoms with Crippen molar-refractivity contribution in [1.82, 2.24) is 9.47 Å². The molecular weight excluding hydrogens is 272 g/mol. The Balaban J connectivity index is 1.48. The Labute approximate surface area is 131 Å².